The van der Waals surface area contributed by atoms with Gasteiger partial charge < -0.3 is 19.7 Å². The molecule has 9 nitrogen and oxygen atoms in total. The highest BCUT2D eigenvalue weighted by Gasteiger charge is 2.36. The van der Waals surface area contributed by atoms with Gasteiger partial charge in [0.1, 0.15) is 12.0 Å². The lowest BCUT2D eigenvalue weighted by Gasteiger charge is -2.42. The molecular formula is C28H28N6O3S. The number of hydrogen-bond acceptors (Lipinski definition) is 8. The maximum atomic E-state index is 12.7. The second-order valence-electron chi connectivity index (χ2n) is 9.32. The summed E-state index contributed by atoms with van der Waals surface area (Å²) in [5, 5.41) is 11.4. The van der Waals surface area contributed by atoms with Gasteiger partial charge in [0.2, 0.25) is 5.91 Å². The number of carbonyl (C=O) groups excluding carboxylic acids is 1. The standard InChI is InChI=1S/C28H28N6O3S/c1-33-27(21-7-4-8-23-22(21)17-30-32-23)31-24-15-20(38-26(24)28(33)34-9-11-37-12-10-34)16-29-25(35)14-18-5-3-6-19(13-18)36-2/h4-5,7-8,13,15,17,28H,9-12,14,16H2,1-2H3,(H,29,35)(H,30,32). The fourth-order valence-corrected chi connectivity index (χ4v) is 6.25. The second kappa shape index (κ2) is 10.5. The van der Waals surface area contributed by atoms with Gasteiger partial charge >= 0.3 is 0 Å². The predicted molar refractivity (Wildman–Crippen MR) is 146 cm³/mol. The Kier molecular flexibility index (Phi) is 6.72. The van der Waals surface area contributed by atoms with Crippen LogP contribution in [0, 0.1) is 12.1 Å². The quantitative estimate of drug-likeness (QED) is 0.382. The van der Waals surface area contributed by atoms with Crippen LogP contribution in [0.4, 0.5) is 5.69 Å². The molecule has 2 aromatic heterocycles. The smallest absolute Gasteiger partial charge is 0.224 e. The third kappa shape index (κ3) is 4.72. The molecule has 0 radical (unpaired) electrons. The molecule has 0 spiro atoms. The molecule has 2 aromatic carbocycles. The molecule has 1 unspecified atom stereocenters. The molecule has 6 rings (SSSR count). The van der Waals surface area contributed by atoms with Crippen LogP contribution in [-0.2, 0) is 22.5 Å². The molecule has 0 bridgehead atoms. The van der Waals surface area contributed by atoms with Crippen LogP contribution < -0.4 is 10.1 Å². The summed E-state index contributed by atoms with van der Waals surface area (Å²) >= 11 is 1.70. The van der Waals surface area contributed by atoms with Gasteiger partial charge in [0.05, 0.1) is 55.6 Å². The van der Waals surface area contributed by atoms with Gasteiger partial charge in [-0.15, -0.1) is 11.3 Å². The number of nitrogens with zero attached hydrogens (tertiary/aromatic N) is 4. The molecule has 10 heteroatoms. The largest absolute Gasteiger partial charge is 0.489 e. The number of fused-ring (bicyclic) bond motifs is 2. The van der Waals surface area contributed by atoms with Crippen molar-refractivity contribution in [3.05, 3.63) is 75.6 Å². The van der Waals surface area contributed by atoms with Crippen molar-refractivity contribution in [3.63, 3.8) is 0 Å². The van der Waals surface area contributed by atoms with Crippen molar-refractivity contribution in [2.24, 2.45) is 4.99 Å². The molecule has 0 aliphatic carbocycles. The number of hydrogen-bond donors (Lipinski definition) is 2. The average Bonchev–Trinajstić information content (AvgIpc) is 3.59. The number of nitrogens with one attached hydrogen (secondary N) is 2. The monoisotopic (exact) mass is 528 g/mol. The molecule has 1 fully saturated rings. The highest BCUT2D eigenvalue weighted by Crippen LogP contribution is 2.43. The summed E-state index contributed by atoms with van der Waals surface area (Å²) in [6.45, 7) is 3.54. The number of aromatic amines is 1. The third-order valence-electron chi connectivity index (χ3n) is 6.88. The van der Waals surface area contributed by atoms with Gasteiger partial charge in [0, 0.05) is 36.0 Å². The number of morpholine rings is 1. The summed E-state index contributed by atoms with van der Waals surface area (Å²) in [5.41, 5.74) is 3.80. The van der Waals surface area contributed by atoms with Crippen molar-refractivity contribution < 1.29 is 14.3 Å². The van der Waals surface area contributed by atoms with Gasteiger partial charge in [-0.25, -0.2) is 4.99 Å². The lowest BCUT2D eigenvalue weighted by atomic mass is 10.1. The van der Waals surface area contributed by atoms with Crippen LogP contribution in [0.25, 0.3) is 10.9 Å². The highest BCUT2D eigenvalue weighted by molar-refractivity contribution is 7.12. The van der Waals surface area contributed by atoms with E-state index in [4.69, 9.17) is 14.5 Å². The molecule has 38 heavy (non-hydrogen) atoms. The summed E-state index contributed by atoms with van der Waals surface area (Å²) in [5.74, 6) is 1.41. The Bertz CT molecular complexity index is 1490. The summed E-state index contributed by atoms with van der Waals surface area (Å²) in [4.78, 5) is 24.8. The molecule has 2 aliphatic rings. The molecule has 1 amide bonds. The number of thiophene rings is 1. The molecule has 0 saturated carbocycles. The number of ether oxygens (including phenoxy) is 2. The number of aliphatic imine (C=N–C) groups is 1. The zero-order valence-corrected chi connectivity index (χ0v) is 22.1. The van der Waals surface area contributed by atoms with Crippen molar-refractivity contribution in [2.75, 3.05) is 40.5 Å². The second-order valence-corrected chi connectivity index (χ2v) is 10.5. The number of benzene rings is 1. The first-order chi connectivity index (χ1) is 18.6. The number of amides is 1. The number of amidine groups is 1. The summed E-state index contributed by atoms with van der Waals surface area (Å²) < 4.78 is 10.8. The summed E-state index contributed by atoms with van der Waals surface area (Å²) in [6, 6.07) is 17.6. The number of aromatic nitrogens is 2. The molecule has 1 atom stereocenters. The van der Waals surface area contributed by atoms with Crippen LogP contribution in [0.15, 0.2) is 47.6 Å². The molecular weight excluding hydrogens is 500 g/mol. The van der Waals surface area contributed by atoms with E-state index >= 15 is 0 Å². The fraction of sp³-hybridized carbons (Fsp3) is 0.321. The Balaban J connectivity index is 1.28. The van der Waals surface area contributed by atoms with Crippen molar-refractivity contribution in [3.8, 4) is 5.75 Å². The van der Waals surface area contributed by atoms with Crippen LogP contribution in [0.1, 0.15) is 27.0 Å². The normalized spacial score (nSPS) is 17.6. The van der Waals surface area contributed by atoms with E-state index in [2.05, 4.69) is 56.6 Å². The number of methoxy groups -OCH3 is 1. The maximum absolute atomic E-state index is 12.7. The lowest BCUT2D eigenvalue weighted by Crippen LogP contribution is -2.48. The van der Waals surface area contributed by atoms with Gasteiger partial charge in [0.15, 0.2) is 5.75 Å². The molecule has 4 heterocycles. The van der Waals surface area contributed by atoms with Gasteiger partial charge in [-0.05, 0) is 35.9 Å². The van der Waals surface area contributed by atoms with Crippen molar-refractivity contribution >= 4 is 39.7 Å². The third-order valence-corrected chi connectivity index (χ3v) is 8.05. The minimum atomic E-state index is -0.0595. The van der Waals surface area contributed by atoms with Gasteiger partial charge in [0.25, 0.3) is 0 Å². The lowest BCUT2D eigenvalue weighted by molar-refractivity contribution is -0.120. The fourth-order valence-electron chi connectivity index (χ4n) is 5.03. The highest BCUT2D eigenvalue weighted by atomic mass is 32.1. The Hall–Kier alpha value is -3.91. The van der Waals surface area contributed by atoms with E-state index in [1.54, 1.807) is 30.6 Å². The SMILES string of the molecule is COc1c#ccc(CC(=O)NCc2cc3c(s2)C(N2CCOCC2)N(C)C(c2cccc4[nH]ncc24)=N3)c1. The van der Waals surface area contributed by atoms with E-state index in [1.165, 1.54) is 4.88 Å². The Morgan fingerprint density at radius 2 is 2.18 bits per heavy atom. The van der Waals surface area contributed by atoms with Crippen molar-refractivity contribution in [1.29, 1.82) is 0 Å². The van der Waals surface area contributed by atoms with Gasteiger partial charge in [-0.2, -0.15) is 5.10 Å². The van der Waals surface area contributed by atoms with Crippen LogP contribution >= 0.6 is 11.3 Å². The summed E-state index contributed by atoms with van der Waals surface area (Å²) in [6.07, 6.45) is 2.14. The van der Waals surface area contributed by atoms with Gasteiger partial charge in [-0.1, -0.05) is 18.2 Å². The number of rotatable bonds is 7. The zero-order valence-electron chi connectivity index (χ0n) is 21.3. The Labute approximate surface area is 225 Å². The zero-order chi connectivity index (χ0) is 26.1. The van der Waals surface area contributed by atoms with E-state index in [0.717, 1.165) is 51.5 Å². The first-order valence-electron chi connectivity index (χ1n) is 12.5. The van der Waals surface area contributed by atoms with Crippen LogP contribution in [0.3, 0.4) is 0 Å². The average molecular weight is 529 g/mol. The Morgan fingerprint density at radius 3 is 3.03 bits per heavy atom. The maximum Gasteiger partial charge on any atom is 0.224 e. The van der Waals surface area contributed by atoms with E-state index < -0.39 is 0 Å². The minimum absolute atomic E-state index is 0.0292. The molecule has 4 aromatic rings. The van der Waals surface area contributed by atoms with Gasteiger partial charge in [-0.3, -0.25) is 14.8 Å². The van der Waals surface area contributed by atoms with E-state index in [-0.39, 0.29) is 18.5 Å². The van der Waals surface area contributed by atoms with Crippen LogP contribution in [0.5, 0.6) is 5.75 Å². The number of H-pyrrole nitrogens is 1. The van der Waals surface area contributed by atoms with E-state index in [1.807, 2.05) is 18.3 Å². The first kappa shape index (κ1) is 24.4. The topological polar surface area (TPSA) is 95.1 Å². The molecule has 194 valence electrons. The van der Waals surface area contributed by atoms with Crippen molar-refractivity contribution in [2.45, 2.75) is 19.1 Å². The molecule has 2 N–H and O–H groups in total. The van der Waals surface area contributed by atoms with E-state index in [0.29, 0.717) is 25.5 Å². The number of carbonyl (C=O) groups is 1. The summed E-state index contributed by atoms with van der Waals surface area (Å²) in [7, 11) is 3.68. The molecule has 1 saturated heterocycles. The predicted octanol–water partition coefficient (Wildman–Crippen LogP) is 3.45. The Morgan fingerprint density at radius 1 is 1.32 bits per heavy atom. The van der Waals surface area contributed by atoms with Crippen molar-refractivity contribution in [1.82, 2.24) is 25.3 Å². The minimum Gasteiger partial charge on any atom is -0.489 e. The van der Waals surface area contributed by atoms with E-state index in [9.17, 15) is 4.79 Å². The van der Waals surface area contributed by atoms with Crippen LogP contribution in [0.2, 0.25) is 0 Å². The van der Waals surface area contributed by atoms with Crippen LogP contribution in [-0.4, -0.2) is 72.2 Å². The first-order valence-corrected chi connectivity index (χ1v) is 13.3. The molecule has 2 aliphatic heterocycles.